The number of piperidine rings is 1. The second-order valence-electron chi connectivity index (χ2n) is 6.28. The zero-order chi connectivity index (χ0) is 17.0. The van der Waals surface area contributed by atoms with Gasteiger partial charge in [-0.1, -0.05) is 41.9 Å². The Labute approximate surface area is 147 Å². The van der Waals surface area contributed by atoms with Crippen LogP contribution in [0.1, 0.15) is 18.4 Å². The molecule has 0 aromatic heterocycles. The van der Waals surface area contributed by atoms with Crippen LogP contribution >= 0.6 is 11.6 Å². The first-order chi connectivity index (χ1) is 11.6. The number of rotatable bonds is 5. The second kappa shape index (κ2) is 7.24. The molecule has 0 bridgehead atoms. The van der Waals surface area contributed by atoms with Crippen molar-refractivity contribution in [3.63, 3.8) is 0 Å². The van der Waals surface area contributed by atoms with Gasteiger partial charge in [0, 0.05) is 30.3 Å². The van der Waals surface area contributed by atoms with E-state index >= 15 is 0 Å². The van der Waals surface area contributed by atoms with Gasteiger partial charge in [-0.05, 0) is 42.7 Å². The number of nitrogens with zero attached hydrogens (tertiary/aromatic N) is 1. The van der Waals surface area contributed by atoms with Crippen LogP contribution in [-0.2, 0) is 11.3 Å². The minimum Gasteiger partial charge on any atom is -0.480 e. The number of benzene rings is 2. The van der Waals surface area contributed by atoms with Crippen LogP contribution in [0.25, 0.3) is 0 Å². The fraction of sp³-hybridized carbons (Fsp3) is 0.316. The molecule has 1 aliphatic heterocycles. The van der Waals surface area contributed by atoms with Crippen molar-refractivity contribution in [2.24, 2.45) is 0 Å². The van der Waals surface area contributed by atoms with Crippen molar-refractivity contribution in [1.29, 1.82) is 0 Å². The summed E-state index contributed by atoms with van der Waals surface area (Å²) in [6.07, 6.45) is 1.13. The lowest BCUT2D eigenvalue weighted by molar-refractivity contribution is -0.144. The van der Waals surface area contributed by atoms with E-state index < -0.39 is 11.5 Å². The minimum absolute atomic E-state index is 0.567. The number of carbonyl (C=O) groups is 1. The normalized spacial score (nSPS) is 17.4. The van der Waals surface area contributed by atoms with Crippen molar-refractivity contribution in [2.75, 3.05) is 18.4 Å². The van der Waals surface area contributed by atoms with E-state index in [1.54, 1.807) is 12.1 Å². The molecule has 5 heteroatoms. The first-order valence-corrected chi connectivity index (χ1v) is 8.49. The first-order valence-electron chi connectivity index (χ1n) is 8.11. The Kier molecular flexibility index (Phi) is 5.07. The number of hydrogen-bond acceptors (Lipinski definition) is 3. The number of carboxylic acid groups (broad SMARTS) is 1. The summed E-state index contributed by atoms with van der Waals surface area (Å²) in [5, 5.41) is 13.6. The summed E-state index contributed by atoms with van der Waals surface area (Å²) in [6, 6.07) is 17.5. The molecule has 2 N–H and O–H groups in total. The van der Waals surface area contributed by atoms with Crippen molar-refractivity contribution in [1.82, 2.24) is 4.90 Å². The molecule has 3 rings (SSSR count). The van der Waals surface area contributed by atoms with Gasteiger partial charge in [0.25, 0.3) is 0 Å². The fourth-order valence-corrected chi connectivity index (χ4v) is 3.26. The van der Waals surface area contributed by atoms with Crippen LogP contribution in [0.3, 0.4) is 0 Å². The van der Waals surface area contributed by atoms with Crippen LogP contribution < -0.4 is 5.32 Å². The lowest BCUT2D eigenvalue weighted by atomic mass is 9.87. The van der Waals surface area contributed by atoms with Gasteiger partial charge in [-0.15, -0.1) is 0 Å². The number of halogens is 1. The largest absolute Gasteiger partial charge is 0.480 e. The van der Waals surface area contributed by atoms with E-state index in [1.807, 2.05) is 30.3 Å². The smallest absolute Gasteiger partial charge is 0.329 e. The molecule has 1 fully saturated rings. The molecule has 0 saturated carbocycles. The van der Waals surface area contributed by atoms with E-state index in [4.69, 9.17) is 11.6 Å². The summed E-state index contributed by atoms with van der Waals surface area (Å²) in [7, 11) is 0. The molecule has 2 aromatic rings. The van der Waals surface area contributed by atoms with Gasteiger partial charge in [0.15, 0.2) is 0 Å². The van der Waals surface area contributed by atoms with Gasteiger partial charge >= 0.3 is 5.97 Å². The number of carboxylic acids is 1. The van der Waals surface area contributed by atoms with E-state index in [9.17, 15) is 9.90 Å². The van der Waals surface area contributed by atoms with Gasteiger partial charge in [0.2, 0.25) is 0 Å². The number of aliphatic carboxylic acids is 1. The van der Waals surface area contributed by atoms with Crippen LogP contribution in [0.4, 0.5) is 5.69 Å². The van der Waals surface area contributed by atoms with Crippen LogP contribution in [0.5, 0.6) is 0 Å². The van der Waals surface area contributed by atoms with Crippen LogP contribution in [0.15, 0.2) is 54.6 Å². The lowest BCUT2D eigenvalue weighted by Gasteiger charge is -2.40. The molecule has 0 aliphatic carbocycles. The Balaban J connectivity index is 1.65. The van der Waals surface area contributed by atoms with Gasteiger partial charge in [-0.3, -0.25) is 4.90 Å². The van der Waals surface area contributed by atoms with Gasteiger partial charge in [0.05, 0.1) is 0 Å². The summed E-state index contributed by atoms with van der Waals surface area (Å²) in [5.74, 6) is -0.795. The molecule has 126 valence electrons. The van der Waals surface area contributed by atoms with E-state index in [2.05, 4.69) is 22.3 Å². The topological polar surface area (TPSA) is 52.6 Å². The van der Waals surface area contributed by atoms with Gasteiger partial charge in [-0.2, -0.15) is 0 Å². The summed E-state index contributed by atoms with van der Waals surface area (Å²) in [5.41, 5.74) is 1.13. The third-order valence-corrected chi connectivity index (χ3v) is 4.85. The third kappa shape index (κ3) is 3.89. The van der Waals surface area contributed by atoms with Gasteiger partial charge in [0.1, 0.15) is 5.54 Å². The molecule has 4 nitrogen and oxygen atoms in total. The maximum Gasteiger partial charge on any atom is 0.329 e. The molecular weight excluding hydrogens is 324 g/mol. The SMILES string of the molecule is O=C(O)C1(Nc2ccc(Cl)cc2)CCN(Cc2ccccc2)CC1. The Morgan fingerprint density at radius 2 is 1.71 bits per heavy atom. The highest BCUT2D eigenvalue weighted by molar-refractivity contribution is 6.30. The van der Waals surface area contributed by atoms with Crippen molar-refractivity contribution >= 4 is 23.3 Å². The van der Waals surface area contributed by atoms with E-state index in [0.29, 0.717) is 17.9 Å². The molecule has 0 unspecified atom stereocenters. The maximum absolute atomic E-state index is 11.9. The highest BCUT2D eigenvalue weighted by Gasteiger charge is 2.41. The summed E-state index contributed by atoms with van der Waals surface area (Å²) in [4.78, 5) is 14.2. The number of nitrogens with one attached hydrogen (secondary N) is 1. The van der Waals surface area contributed by atoms with Crippen molar-refractivity contribution < 1.29 is 9.90 Å². The molecule has 2 aromatic carbocycles. The Hall–Kier alpha value is -2.04. The number of likely N-dealkylation sites (tertiary alicyclic amines) is 1. The van der Waals surface area contributed by atoms with Crippen molar-refractivity contribution in [2.45, 2.75) is 24.9 Å². The quantitative estimate of drug-likeness (QED) is 0.864. The molecule has 1 aliphatic rings. The second-order valence-corrected chi connectivity index (χ2v) is 6.72. The predicted octanol–water partition coefficient (Wildman–Crippen LogP) is 3.87. The zero-order valence-corrected chi connectivity index (χ0v) is 14.2. The Bertz CT molecular complexity index is 680. The standard InChI is InChI=1S/C19H21ClN2O2/c20-16-6-8-17(9-7-16)21-19(18(23)24)10-12-22(13-11-19)14-15-4-2-1-3-5-15/h1-9,21H,10-14H2,(H,23,24). The van der Waals surface area contributed by atoms with Crippen molar-refractivity contribution in [3.8, 4) is 0 Å². The Morgan fingerprint density at radius 1 is 1.08 bits per heavy atom. The summed E-state index contributed by atoms with van der Waals surface area (Å²) < 4.78 is 0. The van der Waals surface area contributed by atoms with Crippen LogP contribution in [-0.4, -0.2) is 34.6 Å². The van der Waals surface area contributed by atoms with Crippen LogP contribution in [0, 0.1) is 0 Å². The molecule has 1 saturated heterocycles. The minimum atomic E-state index is -0.916. The number of anilines is 1. The molecular formula is C19H21ClN2O2. The van der Waals surface area contributed by atoms with E-state index in [0.717, 1.165) is 25.3 Å². The third-order valence-electron chi connectivity index (χ3n) is 4.60. The average Bonchev–Trinajstić information content (AvgIpc) is 2.59. The van der Waals surface area contributed by atoms with E-state index in [-0.39, 0.29) is 0 Å². The summed E-state index contributed by atoms with van der Waals surface area (Å²) >= 11 is 5.90. The predicted molar refractivity (Wildman–Crippen MR) is 96.4 cm³/mol. The average molecular weight is 345 g/mol. The Morgan fingerprint density at radius 3 is 2.29 bits per heavy atom. The number of hydrogen-bond donors (Lipinski definition) is 2. The lowest BCUT2D eigenvalue weighted by Crippen LogP contribution is -2.54. The van der Waals surface area contributed by atoms with Crippen molar-refractivity contribution in [3.05, 3.63) is 65.2 Å². The fourth-order valence-electron chi connectivity index (χ4n) is 3.14. The van der Waals surface area contributed by atoms with Gasteiger partial charge in [-0.25, -0.2) is 4.79 Å². The van der Waals surface area contributed by atoms with E-state index in [1.165, 1.54) is 5.56 Å². The zero-order valence-electron chi connectivity index (χ0n) is 13.4. The summed E-state index contributed by atoms with van der Waals surface area (Å²) in [6.45, 7) is 2.36. The van der Waals surface area contributed by atoms with Crippen LogP contribution in [0.2, 0.25) is 5.02 Å². The maximum atomic E-state index is 11.9. The first kappa shape index (κ1) is 16.8. The monoisotopic (exact) mass is 344 g/mol. The molecule has 0 spiro atoms. The molecule has 0 atom stereocenters. The molecule has 0 radical (unpaired) electrons. The molecule has 1 heterocycles. The molecule has 0 amide bonds. The van der Waals surface area contributed by atoms with Gasteiger partial charge < -0.3 is 10.4 Å². The molecule has 24 heavy (non-hydrogen) atoms. The highest BCUT2D eigenvalue weighted by atomic mass is 35.5. The highest BCUT2D eigenvalue weighted by Crippen LogP contribution is 2.29.